The third-order valence-corrected chi connectivity index (χ3v) is 4.10. The van der Waals surface area contributed by atoms with Gasteiger partial charge >= 0.3 is 0 Å². The highest BCUT2D eigenvalue weighted by Crippen LogP contribution is 2.20. The number of amides is 2. The Hall–Kier alpha value is -0.860. The molecule has 0 aromatic rings. The standard InChI is InChI=1S/C18H35NO2/c1-5-9-11-12-13-15-16(14-10-6-2)18(21)19(8-4)17(20)7-3/h16H,5-15H2,1-4H3. The van der Waals surface area contributed by atoms with E-state index in [0.29, 0.717) is 13.0 Å². The van der Waals surface area contributed by atoms with Crippen molar-refractivity contribution in [2.75, 3.05) is 6.54 Å². The first-order valence-electron chi connectivity index (χ1n) is 8.96. The van der Waals surface area contributed by atoms with Crippen molar-refractivity contribution >= 4 is 11.8 Å². The molecule has 0 rings (SSSR count). The summed E-state index contributed by atoms with van der Waals surface area (Å²) in [5.41, 5.74) is 0. The SMILES string of the molecule is CCCCCCCC(CCCC)C(=O)N(CC)C(=O)CC. The molecule has 0 aromatic carbocycles. The molecule has 0 aromatic heterocycles. The summed E-state index contributed by atoms with van der Waals surface area (Å²) >= 11 is 0. The number of imide groups is 1. The molecule has 0 bridgehead atoms. The smallest absolute Gasteiger partial charge is 0.232 e. The predicted molar refractivity (Wildman–Crippen MR) is 89.1 cm³/mol. The van der Waals surface area contributed by atoms with Crippen LogP contribution in [-0.2, 0) is 9.59 Å². The van der Waals surface area contributed by atoms with Crippen LogP contribution in [0, 0.1) is 5.92 Å². The second-order valence-electron chi connectivity index (χ2n) is 5.87. The van der Waals surface area contributed by atoms with Crippen molar-refractivity contribution in [3.05, 3.63) is 0 Å². The van der Waals surface area contributed by atoms with E-state index in [0.717, 1.165) is 32.1 Å². The quantitative estimate of drug-likeness (QED) is 0.478. The lowest BCUT2D eigenvalue weighted by Crippen LogP contribution is -2.40. The first-order valence-corrected chi connectivity index (χ1v) is 8.96. The highest BCUT2D eigenvalue weighted by Gasteiger charge is 2.25. The lowest BCUT2D eigenvalue weighted by Gasteiger charge is -2.24. The maximum atomic E-state index is 12.6. The van der Waals surface area contributed by atoms with Crippen LogP contribution in [0.1, 0.15) is 91.9 Å². The number of carbonyl (C=O) groups excluding carboxylic acids is 2. The molecular weight excluding hydrogens is 262 g/mol. The molecule has 0 saturated heterocycles. The first kappa shape index (κ1) is 20.1. The molecule has 0 N–H and O–H groups in total. The zero-order chi connectivity index (χ0) is 16.1. The lowest BCUT2D eigenvalue weighted by molar-refractivity contribution is -0.147. The van der Waals surface area contributed by atoms with E-state index < -0.39 is 0 Å². The van der Waals surface area contributed by atoms with E-state index in [1.807, 2.05) is 13.8 Å². The monoisotopic (exact) mass is 297 g/mol. The van der Waals surface area contributed by atoms with Crippen molar-refractivity contribution in [1.82, 2.24) is 4.90 Å². The molecule has 0 aliphatic heterocycles. The molecule has 0 saturated carbocycles. The highest BCUT2D eigenvalue weighted by molar-refractivity contribution is 5.96. The molecule has 0 heterocycles. The molecule has 0 aliphatic carbocycles. The number of rotatable bonds is 12. The van der Waals surface area contributed by atoms with Crippen LogP contribution in [0.5, 0.6) is 0 Å². The van der Waals surface area contributed by atoms with E-state index in [4.69, 9.17) is 0 Å². The van der Waals surface area contributed by atoms with E-state index in [1.54, 1.807) is 0 Å². The Kier molecular flexibility index (Phi) is 12.3. The van der Waals surface area contributed by atoms with Gasteiger partial charge in [-0.1, -0.05) is 65.7 Å². The fourth-order valence-electron chi connectivity index (χ4n) is 2.70. The van der Waals surface area contributed by atoms with Crippen molar-refractivity contribution in [3.8, 4) is 0 Å². The van der Waals surface area contributed by atoms with Gasteiger partial charge in [-0.05, 0) is 19.8 Å². The second kappa shape index (κ2) is 12.8. The minimum absolute atomic E-state index is 0.0324. The van der Waals surface area contributed by atoms with Gasteiger partial charge in [-0.3, -0.25) is 14.5 Å². The van der Waals surface area contributed by atoms with Gasteiger partial charge in [0.1, 0.15) is 0 Å². The van der Waals surface area contributed by atoms with Crippen LogP contribution in [0.25, 0.3) is 0 Å². The van der Waals surface area contributed by atoms with Gasteiger partial charge in [-0.15, -0.1) is 0 Å². The Morgan fingerprint density at radius 2 is 1.38 bits per heavy atom. The van der Waals surface area contributed by atoms with Crippen molar-refractivity contribution in [2.45, 2.75) is 91.9 Å². The summed E-state index contributed by atoms with van der Waals surface area (Å²) in [6, 6.07) is 0. The molecule has 1 atom stereocenters. The molecule has 0 aliphatic rings. The van der Waals surface area contributed by atoms with Gasteiger partial charge in [0.25, 0.3) is 0 Å². The largest absolute Gasteiger partial charge is 0.283 e. The molecule has 3 heteroatoms. The minimum atomic E-state index is -0.0324. The van der Waals surface area contributed by atoms with Crippen LogP contribution in [0.3, 0.4) is 0 Å². The zero-order valence-electron chi connectivity index (χ0n) is 14.6. The van der Waals surface area contributed by atoms with Crippen molar-refractivity contribution in [3.63, 3.8) is 0 Å². The van der Waals surface area contributed by atoms with Gasteiger partial charge in [0.15, 0.2) is 0 Å². The van der Waals surface area contributed by atoms with Crippen LogP contribution in [0.2, 0.25) is 0 Å². The molecule has 0 fully saturated rings. The van der Waals surface area contributed by atoms with Crippen molar-refractivity contribution in [2.24, 2.45) is 5.92 Å². The lowest BCUT2D eigenvalue weighted by atomic mass is 9.93. The predicted octanol–water partition coefficient (Wildman–Crippen LogP) is 4.94. The summed E-state index contributed by atoms with van der Waals surface area (Å²) in [4.78, 5) is 26.0. The van der Waals surface area contributed by atoms with E-state index >= 15 is 0 Å². The summed E-state index contributed by atoms with van der Waals surface area (Å²) in [5, 5.41) is 0. The molecule has 0 spiro atoms. The molecule has 1 unspecified atom stereocenters. The molecular formula is C18H35NO2. The summed E-state index contributed by atoms with van der Waals surface area (Å²) in [7, 11) is 0. The van der Waals surface area contributed by atoms with E-state index in [-0.39, 0.29) is 17.7 Å². The first-order chi connectivity index (χ1) is 10.1. The van der Waals surface area contributed by atoms with Crippen LogP contribution < -0.4 is 0 Å². The molecule has 21 heavy (non-hydrogen) atoms. The Morgan fingerprint density at radius 1 is 0.810 bits per heavy atom. The highest BCUT2D eigenvalue weighted by atomic mass is 16.2. The van der Waals surface area contributed by atoms with Crippen LogP contribution >= 0.6 is 0 Å². The van der Waals surface area contributed by atoms with E-state index in [1.165, 1.54) is 30.6 Å². The number of hydrogen-bond donors (Lipinski definition) is 0. The fourth-order valence-corrected chi connectivity index (χ4v) is 2.70. The van der Waals surface area contributed by atoms with Gasteiger partial charge in [-0.25, -0.2) is 0 Å². The summed E-state index contributed by atoms with van der Waals surface area (Å²) in [5.74, 6) is 0.0744. The van der Waals surface area contributed by atoms with Crippen molar-refractivity contribution in [1.29, 1.82) is 0 Å². The van der Waals surface area contributed by atoms with Gasteiger partial charge < -0.3 is 0 Å². The van der Waals surface area contributed by atoms with Crippen molar-refractivity contribution < 1.29 is 9.59 Å². The zero-order valence-corrected chi connectivity index (χ0v) is 14.6. The number of unbranched alkanes of at least 4 members (excludes halogenated alkanes) is 5. The summed E-state index contributed by atoms with van der Waals surface area (Å²) < 4.78 is 0. The maximum absolute atomic E-state index is 12.6. The van der Waals surface area contributed by atoms with E-state index in [9.17, 15) is 9.59 Å². The minimum Gasteiger partial charge on any atom is -0.283 e. The molecule has 124 valence electrons. The third-order valence-electron chi connectivity index (χ3n) is 4.10. The molecule has 3 nitrogen and oxygen atoms in total. The van der Waals surface area contributed by atoms with Gasteiger partial charge in [0.2, 0.25) is 11.8 Å². The van der Waals surface area contributed by atoms with Crippen LogP contribution in [-0.4, -0.2) is 23.3 Å². The summed E-state index contributed by atoms with van der Waals surface area (Å²) in [6.45, 7) is 8.58. The van der Waals surface area contributed by atoms with Gasteiger partial charge in [0.05, 0.1) is 0 Å². The Labute approximate surface area is 131 Å². The number of hydrogen-bond acceptors (Lipinski definition) is 2. The topological polar surface area (TPSA) is 37.4 Å². The fraction of sp³-hybridized carbons (Fsp3) is 0.889. The Balaban J connectivity index is 4.48. The van der Waals surface area contributed by atoms with Gasteiger partial charge in [-0.2, -0.15) is 0 Å². The third kappa shape index (κ3) is 8.23. The average molecular weight is 297 g/mol. The molecule has 2 amide bonds. The Morgan fingerprint density at radius 3 is 1.90 bits per heavy atom. The second-order valence-corrected chi connectivity index (χ2v) is 5.87. The number of nitrogens with zero attached hydrogens (tertiary/aromatic N) is 1. The van der Waals surface area contributed by atoms with Crippen LogP contribution in [0.15, 0.2) is 0 Å². The van der Waals surface area contributed by atoms with Gasteiger partial charge in [0, 0.05) is 18.9 Å². The van der Waals surface area contributed by atoms with Crippen LogP contribution in [0.4, 0.5) is 0 Å². The number of carbonyl (C=O) groups is 2. The average Bonchev–Trinajstić information content (AvgIpc) is 2.50. The molecule has 0 radical (unpaired) electrons. The normalized spacial score (nSPS) is 12.2. The Bertz CT molecular complexity index is 289. The maximum Gasteiger partial charge on any atom is 0.232 e. The summed E-state index contributed by atoms with van der Waals surface area (Å²) in [6.07, 6.45) is 10.6. The van der Waals surface area contributed by atoms with E-state index in [2.05, 4.69) is 13.8 Å².